The second kappa shape index (κ2) is 9.27. The smallest absolute Gasteiger partial charge is 0.247 e. The molecule has 4 nitrogen and oxygen atoms in total. The van der Waals surface area contributed by atoms with Gasteiger partial charge in [-0.15, -0.1) is 11.6 Å². The summed E-state index contributed by atoms with van der Waals surface area (Å²) in [5.41, 5.74) is 2.06. The van der Waals surface area contributed by atoms with E-state index in [0.29, 0.717) is 11.3 Å². The van der Waals surface area contributed by atoms with E-state index in [2.05, 4.69) is 10.6 Å². The van der Waals surface area contributed by atoms with Crippen molar-refractivity contribution in [3.8, 4) is 0 Å². The number of benzene rings is 2. The van der Waals surface area contributed by atoms with E-state index in [0.717, 1.165) is 17.7 Å². The minimum Gasteiger partial charge on any atom is -0.352 e. The van der Waals surface area contributed by atoms with E-state index in [1.807, 2.05) is 0 Å². The van der Waals surface area contributed by atoms with E-state index in [4.69, 9.17) is 23.2 Å². The molecule has 32 heavy (non-hydrogen) atoms. The molecule has 1 fully saturated rings. The molecule has 0 radical (unpaired) electrons. The van der Waals surface area contributed by atoms with Gasteiger partial charge in [0, 0.05) is 18.2 Å². The van der Waals surface area contributed by atoms with Crippen LogP contribution in [0.15, 0.2) is 30.3 Å². The zero-order valence-electron chi connectivity index (χ0n) is 17.1. The molecular formula is C22H20Cl2F4N2O2. The second-order valence-corrected chi connectivity index (χ2v) is 9.10. The Morgan fingerprint density at radius 3 is 2.38 bits per heavy atom. The molecule has 2 aromatic rings. The lowest BCUT2D eigenvalue weighted by Crippen LogP contribution is -2.25. The van der Waals surface area contributed by atoms with E-state index >= 15 is 0 Å². The van der Waals surface area contributed by atoms with Gasteiger partial charge in [0.15, 0.2) is 0 Å². The molecule has 0 aromatic heterocycles. The molecule has 0 bridgehead atoms. The van der Waals surface area contributed by atoms with Crippen molar-refractivity contribution < 1.29 is 27.2 Å². The van der Waals surface area contributed by atoms with Crippen molar-refractivity contribution in [2.24, 2.45) is 5.92 Å². The Balaban J connectivity index is 1.71. The zero-order chi connectivity index (χ0) is 23.8. The van der Waals surface area contributed by atoms with Crippen LogP contribution in [0.4, 0.5) is 23.2 Å². The quantitative estimate of drug-likeness (QED) is 0.303. The SMILES string of the molecule is Cc1ccc(NC(=O)C2C(c3cc(F)c(Cl)c(F)c3)C2(C)Cl)cc1CNC(=O)CC(F)F. The molecule has 0 saturated heterocycles. The summed E-state index contributed by atoms with van der Waals surface area (Å²) in [6.07, 6.45) is -3.63. The number of hydrogen-bond acceptors (Lipinski definition) is 2. The minimum atomic E-state index is -2.74. The van der Waals surface area contributed by atoms with Crippen LogP contribution in [-0.2, 0) is 16.1 Å². The van der Waals surface area contributed by atoms with Crippen LogP contribution >= 0.6 is 23.2 Å². The van der Waals surface area contributed by atoms with Crippen LogP contribution in [-0.4, -0.2) is 23.1 Å². The Kier molecular flexibility index (Phi) is 7.05. The standard InChI is InChI=1S/C22H20Cl2F4N2O2/c1-10-3-4-13(5-12(10)9-29-17(31)8-16(27)28)30-21(32)19-18(22(19,2)24)11-6-14(25)20(23)15(26)7-11/h3-7,16,18-19H,8-9H2,1-2H3,(H,29,31)(H,30,32). The number of carbonyl (C=O) groups excluding carboxylic acids is 2. The number of halogens is 6. The van der Waals surface area contributed by atoms with Gasteiger partial charge in [-0.2, -0.15) is 0 Å². The van der Waals surface area contributed by atoms with E-state index < -0.39 is 58.0 Å². The fourth-order valence-corrected chi connectivity index (χ4v) is 4.25. The van der Waals surface area contributed by atoms with Crippen molar-refractivity contribution in [1.82, 2.24) is 5.32 Å². The van der Waals surface area contributed by atoms with E-state index in [1.165, 1.54) is 0 Å². The van der Waals surface area contributed by atoms with Crippen molar-refractivity contribution in [1.29, 1.82) is 0 Å². The molecule has 1 aliphatic carbocycles. The maximum absolute atomic E-state index is 13.8. The van der Waals surface area contributed by atoms with Gasteiger partial charge in [0.25, 0.3) is 0 Å². The van der Waals surface area contributed by atoms with Gasteiger partial charge in [-0.3, -0.25) is 9.59 Å². The molecule has 1 saturated carbocycles. The van der Waals surface area contributed by atoms with Gasteiger partial charge >= 0.3 is 0 Å². The Hall–Kier alpha value is -2.32. The maximum Gasteiger partial charge on any atom is 0.247 e. The average molecular weight is 491 g/mol. The van der Waals surface area contributed by atoms with Crippen molar-refractivity contribution in [3.63, 3.8) is 0 Å². The summed E-state index contributed by atoms with van der Waals surface area (Å²) in [5, 5.41) is 4.50. The Morgan fingerprint density at radius 1 is 1.16 bits per heavy atom. The molecule has 2 aromatic carbocycles. The number of alkyl halides is 3. The largest absolute Gasteiger partial charge is 0.352 e. The molecular weight excluding hydrogens is 471 g/mol. The predicted molar refractivity (Wildman–Crippen MR) is 114 cm³/mol. The van der Waals surface area contributed by atoms with E-state index in [9.17, 15) is 27.2 Å². The first-order valence-electron chi connectivity index (χ1n) is 9.70. The summed E-state index contributed by atoms with van der Waals surface area (Å²) >= 11 is 12.0. The van der Waals surface area contributed by atoms with Crippen molar-refractivity contribution >= 4 is 40.7 Å². The number of amides is 2. The Labute approximate surface area is 192 Å². The molecule has 3 unspecified atom stereocenters. The van der Waals surface area contributed by atoms with Crippen molar-refractivity contribution in [3.05, 3.63) is 63.7 Å². The third kappa shape index (κ3) is 5.18. The topological polar surface area (TPSA) is 58.2 Å². The van der Waals surface area contributed by atoms with Gasteiger partial charge in [0.05, 0.1) is 17.2 Å². The summed E-state index contributed by atoms with van der Waals surface area (Å²) in [6.45, 7) is 3.40. The van der Waals surface area contributed by atoms with Crippen molar-refractivity contribution in [2.75, 3.05) is 5.32 Å². The van der Waals surface area contributed by atoms with Crippen LogP contribution in [0.1, 0.15) is 36.0 Å². The summed E-state index contributed by atoms with van der Waals surface area (Å²) in [5.74, 6) is -4.46. The lowest BCUT2D eigenvalue weighted by atomic mass is 10.1. The van der Waals surface area contributed by atoms with Crippen LogP contribution in [0.25, 0.3) is 0 Å². The lowest BCUT2D eigenvalue weighted by Gasteiger charge is -2.12. The Morgan fingerprint density at radius 2 is 1.78 bits per heavy atom. The molecule has 1 aliphatic rings. The number of carbonyl (C=O) groups is 2. The highest BCUT2D eigenvalue weighted by molar-refractivity contribution is 6.31. The lowest BCUT2D eigenvalue weighted by molar-refractivity contribution is -0.123. The fourth-order valence-electron chi connectivity index (χ4n) is 3.73. The van der Waals surface area contributed by atoms with Crippen LogP contribution in [0.5, 0.6) is 0 Å². The Bertz CT molecular complexity index is 1040. The number of nitrogens with one attached hydrogen (secondary N) is 2. The molecule has 3 atom stereocenters. The number of aryl methyl sites for hydroxylation is 1. The summed E-state index contributed by atoms with van der Waals surface area (Å²) in [4.78, 5) is 23.3. The summed E-state index contributed by atoms with van der Waals surface area (Å²) in [7, 11) is 0. The molecule has 10 heteroatoms. The highest BCUT2D eigenvalue weighted by atomic mass is 35.5. The molecule has 0 aliphatic heterocycles. The molecule has 0 heterocycles. The predicted octanol–water partition coefficient (Wildman–Crippen LogP) is 5.55. The first-order valence-corrected chi connectivity index (χ1v) is 10.5. The number of anilines is 1. The first kappa shape index (κ1) is 24.3. The molecule has 2 amide bonds. The monoisotopic (exact) mass is 490 g/mol. The van der Waals surface area contributed by atoms with Crippen molar-refractivity contribution in [2.45, 2.75) is 44.0 Å². The van der Waals surface area contributed by atoms with Crippen LogP contribution in [0.2, 0.25) is 5.02 Å². The fraction of sp³-hybridized carbons (Fsp3) is 0.364. The number of hydrogen-bond donors (Lipinski definition) is 2. The van der Waals surface area contributed by atoms with Gasteiger partial charge < -0.3 is 10.6 Å². The minimum absolute atomic E-state index is 0.0176. The molecule has 2 N–H and O–H groups in total. The molecule has 3 rings (SSSR count). The van der Waals surface area contributed by atoms with Gasteiger partial charge in [-0.25, -0.2) is 17.6 Å². The molecule has 172 valence electrons. The third-order valence-corrected chi connectivity index (χ3v) is 6.35. The maximum atomic E-state index is 13.8. The highest BCUT2D eigenvalue weighted by Gasteiger charge is 2.65. The summed E-state index contributed by atoms with van der Waals surface area (Å²) in [6, 6.07) is 7.09. The van der Waals surface area contributed by atoms with Gasteiger partial charge in [0.1, 0.15) is 16.7 Å². The van der Waals surface area contributed by atoms with E-state index in [1.54, 1.807) is 32.0 Å². The first-order chi connectivity index (χ1) is 14.9. The number of rotatable bonds is 7. The van der Waals surface area contributed by atoms with Crippen LogP contribution in [0, 0.1) is 24.5 Å². The van der Waals surface area contributed by atoms with Crippen LogP contribution in [0.3, 0.4) is 0 Å². The normalized spacial score (nSPS) is 22.0. The highest BCUT2D eigenvalue weighted by Crippen LogP contribution is 2.62. The second-order valence-electron chi connectivity index (χ2n) is 7.91. The van der Waals surface area contributed by atoms with E-state index in [-0.39, 0.29) is 12.1 Å². The summed E-state index contributed by atoms with van der Waals surface area (Å²) < 4.78 is 52.3. The third-order valence-electron chi connectivity index (χ3n) is 5.52. The van der Waals surface area contributed by atoms with Gasteiger partial charge in [0.2, 0.25) is 18.2 Å². The van der Waals surface area contributed by atoms with Gasteiger partial charge in [-0.05, 0) is 54.8 Å². The molecule has 0 spiro atoms. The van der Waals surface area contributed by atoms with Crippen LogP contribution < -0.4 is 10.6 Å². The average Bonchev–Trinajstić information content (AvgIpc) is 3.27. The van der Waals surface area contributed by atoms with Gasteiger partial charge in [-0.1, -0.05) is 17.7 Å². The zero-order valence-corrected chi connectivity index (χ0v) is 18.6.